The number of anilines is 1. The quantitative estimate of drug-likeness (QED) is 0.136. The van der Waals surface area contributed by atoms with Gasteiger partial charge in [-0.3, -0.25) is 14.4 Å². The molecule has 1 saturated carbocycles. The third kappa shape index (κ3) is 8.83. The molecule has 308 valence electrons. The second-order valence-corrected chi connectivity index (χ2v) is 18.1. The molecule has 1 N–H and O–H groups in total. The van der Waals surface area contributed by atoms with E-state index in [1.165, 1.54) is 54.5 Å². The number of sulfonamides is 1. The molecule has 3 aliphatic rings. The lowest BCUT2D eigenvalue weighted by Crippen LogP contribution is -2.37. The molecule has 0 atom stereocenters. The first-order valence-electron chi connectivity index (χ1n) is 21.0. The molecule has 1 aliphatic carbocycles. The molecule has 3 aromatic carbocycles. The van der Waals surface area contributed by atoms with E-state index in [-0.39, 0.29) is 38.6 Å². The number of amides is 3. The van der Waals surface area contributed by atoms with Gasteiger partial charge in [0.1, 0.15) is 0 Å². The number of fused-ring (bicyclic) bond motifs is 2. The molecule has 4 aromatic rings. The Kier molecular flexibility index (Phi) is 12.9. The van der Waals surface area contributed by atoms with Gasteiger partial charge in [-0.15, -0.1) is 0 Å². The van der Waals surface area contributed by atoms with Crippen molar-refractivity contribution < 1.29 is 22.8 Å². The van der Waals surface area contributed by atoms with Crippen molar-refractivity contribution in [2.75, 3.05) is 37.6 Å². The van der Waals surface area contributed by atoms with Gasteiger partial charge in [0, 0.05) is 50.5 Å². The van der Waals surface area contributed by atoms with Gasteiger partial charge in [-0.05, 0) is 104 Å². The van der Waals surface area contributed by atoms with Crippen LogP contribution in [0.1, 0.15) is 125 Å². The predicted molar refractivity (Wildman–Crippen MR) is 228 cm³/mol. The first kappa shape index (κ1) is 41.5. The molecule has 1 aromatic heterocycles. The molecule has 3 amide bonds. The summed E-state index contributed by atoms with van der Waals surface area (Å²) in [4.78, 5) is 48.2. The van der Waals surface area contributed by atoms with Crippen molar-refractivity contribution in [2.24, 2.45) is 5.92 Å². The van der Waals surface area contributed by atoms with E-state index in [1.54, 1.807) is 34.9 Å². The average molecular weight is 827 g/mol. The number of halogens is 1. The first-order valence-corrected chi connectivity index (χ1v) is 22.8. The largest absolute Gasteiger partial charge is 0.371 e. The van der Waals surface area contributed by atoms with Gasteiger partial charge in [0.2, 0.25) is 0 Å². The number of carbonyl (C=O) groups is 3. The third-order valence-electron chi connectivity index (χ3n) is 12.0. The monoisotopic (exact) mass is 826 g/mol. The lowest BCUT2D eigenvalue weighted by molar-refractivity contribution is 0.0732. The summed E-state index contributed by atoms with van der Waals surface area (Å²) in [6.45, 7) is 9.68. The van der Waals surface area contributed by atoms with E-state index in [1.807, 2.05) is 24.3 Å². The molecular formula is C45H55ClN6O5S. The zero-order valence-corrected chi connectivity index (χ0v) is 35.5. The summed E-state index contributed by atoms with van der Waals surface area (Å²) in [6, 6.07) is 17.5. The Morgan fingerprint density at radius 3 is 2.28 bits per heavy atom. The molecule has 3 heterocycles. The Hall–Kier alpha value is -4.68. The number of nitrogens with one attached hydrogen (secondary N) is 1. The van der Waals surface area contributed by atoms with Crippen molar-refractivity contribution in [1.29, 1.82) is 0 Å². The Bertz CT molecular complexity index is 2280. The lowest BCUT2D eigenvalue weighted by atomic mass is 9.89. The normalized spacial score (nSPS) is 15.6. The summed E-state index contributed by atoms with van der Waals surface area (Å²) in [5.74, 6) is -0.840. The highest BCUT2D eigenvalue weighted by Crippen LogP contribution is 2.34. The fourth-order valence-electron chi connectivity index (χ4n) is 8.61. The second kappa shape index (κ2) is 18.1. The van der Waals surface area contributed by atoms with Gasteiger partial charge in [-0.1, -0.05) is 81.8 Å². The Morgan fingerprint density at radius 1 is 0.862 bits per heavy atom. The highest BCUT2D eigenvalue weighted by Gasteiger charge is 2.31. The van der Waals surface area contributed by atoms with Crippen molar-refractivity contribution in [3.05, 3.63) is 105 Å². The van der Waals surface area contributed by atoms with Crippen LogP contribution in [0.4, 0.5) is 5.69 Å². The number of nitrogens with zero attached hydrogens (tertiary/aromatic N) is 5. The highest BCUT2D eigenvalue weighted by atomic mass is 35.5. The summed E-state index contributed by atoms with van der Waals surface area (Å²) >= 11 is 6.85. The Labute approximate surface area is 347 Å². The average Bonchev–Trinajstić information content (AvgIpc) is 3.78. The fraction of sp³-hybridized carbons (Fsp3) is 0.467. The topological polar surface area (TPSA) is 125 Å². The van der Waals surface area contributed by atoms with Crippen molar-refractivity contribution in [3.8, 4) is 5.69 Å². The highest BCUT2D eigenvalue weighted by molar-refractivity contribution is 7.90. The predicted octanol–water partition coefficient (Wildman–Crippen LogP) is 8.14. The summed E-state index contributed by atoms with van der Waals surface area (Å²) < 4.78 is 31.2. The van der Waals surface area contributed by atoms with Crippen LogP contribution in [0, 0.1) is 12.8 Å². The maximum atomic E-state index is 14.6. The minimum absolute atomic E-state index is 0.00888. The van der Waals surface area contributed by atoms with Crippen molar-refractivity contribution in [1.82, 2.24) is 24.3 Å². The van der Waals surface area contributed by atoms with Gasteiger partial charge >= 0.3 is 0 Å². The second-order valence-electron chi connectivity index (χ2n) is 16.1. The molecule has 0 unspecified atom stereocenters. The van der Waals surface area contributed by atoms with Gasteiger partial charge in [-0.2, -0.15) is 5.10 Å². The maximum Gasteiger partial charge on any atom is 0.275 e. The van der Waals surface area contributed by atoms with E-state index in [4.69, 9.17) is 16.7 Å². The van der Waals surface area contributed by atoms with Gasteiger partial charge < -0.3 is 14.7 Å². The van der Waals surface area contributed by atoms with Crippen molar-refractivity contribution in [2.45, 2.75) is 103 Å². The van der Waals surface area contributed by atoms with Crippen LogP contribution in [0.25, 0.3) is 5.69 Å². The van der Waals surface area contributed by atoms with Gasteiger partial charge in [-0.25, -0.2) is 17.8 Å². The molecule has 0 radical (unpaired) electrons. The summed E-state index contributed by atoms with van der Waals surface area (Å²) in [6.07, 6.45) is 11.2. The summed E-state index contributed by atoms with van der Waals surface area (Å²) in [5, 5.41) is 4.89. The molecule has 58 heavy (non-hydrogen) atoms. The SMILES string of the molecule is CCCCN(CCCC)C(=O)c1nn(-c2ccc(C(=O)NS(=O)(=O)c3ccc4c(c3)CCN4CC3CCCCC3)cc2C(=O)N2CCc3ccccc3C2)c(C)c1Cl. The van der Waals surface area contributed by atoms with Crippen LogP contribution in [0.15, 0.2) is 65.6 Å². The molecule has 0 spiro atoms. The molecular weight excluding hydrogens is 772 g/mol. The molecule has 0 saturated heterocycles. The van der Waals surface area contributed by atoms with E-state index in [0.29, 0.717) is 49.9 Å². The number of hydrogen-bond donors (Lipinski definition) is 1. The first-order chi connectivity index (χ1) is 28.0. The smallest absolute Gasteiger partial charge is 0.275 e. The van der Waals surface area contributed by atoms with Crippen LogP contribution < -0.4 is 9.62 Å². The molecule has 2 aliphatic heterocycles. The number of hydrogen-bond acceptors (Lipinski definition) is 7. The zero-order valence-electron chi connectivity index (χ0n) is 33.9. The van der Waals surface area contributed by atoms with Crippen molar-refractivity contribution >= 4 is 45.0 Å². The standard InChI is InChI=1S/C45H55ClN6O5S/c1-4-6-23-49(24-7-5-2)45(55)42-41(46)31(3)52(47-42)40-19-17-35(28-38(40)44(54)51-26-21-33-15-11-12-16-36(33)30-51)43(53)48-58(56,57)37-18-20-39-34(27-37)22-25-50(39)29-32-13-9-8-10-14-32/h11-12,15-20,27-28,32H,4-10,13-14,21-26,29-30H2,1-3H3,(H,48,53). The van der Waals surface area contributed by atoms with Crippen LogP contribution in [0.5, 0.6) is 0 Å². The number of benzene rings is 3. The minimum atomic E-state index is -4.25. The van der Waals surface area contributed by atoms with Gasteiger partial charge in [0.15, 0.2) is 5.69 Å². The molecule has 7 rings (SSSR count). The van der Waals surface area contributed by atoms with Crippen LogP contribution in [0.3, 0.4) is 0 Å². The fourth-order valence-corrected chi connectivity index (χ4v) is 9.84. The van der Waals surface area contributed by atoms with Crippen LogP contribution in [-0.2, 0) is 29.4 Å². The Morgan fingerprint density at radius 2 is 1.55 bits per heavy atom. The number of carbonyl (C=O) groups excluding carboxylic acids is 3. The van der Waals surface area contributed by atoms with E-state index in [0.717, 1.165) is 62.0 Å². The number of rotatable bonds is 14. The van der Waals surface area contributed by atoms with Crippen molar-refractivity contribution in [3.63, 3.8) is 0 Å². The molecule has 11 nitrogen and oxygen atoms in total. The molecule has 0 bridgehead atoms. The summed E-state index contributed by atoms with van der Waals surface area (Å²) in [7, 11) is -4.25. The third-order valence-corrected chi connectivity index (χ3v) is 13.8. The number of unbranched alkanes of at least 4 members (excludes halogenated alkanes) is 2. The van der Waals surface area contributed by atoms with E-state index in [2.05, 4.69) is 29.5 Å². The molecule has 13 heteroatoms. The van der Waals surface area contributed by atoms with E-state index >= 15 is 0 Å². The van der Waals surface area contributed by atoms with E-state index < -0.39 is 15.9 Å². The summed E-state index contributed by atoms with van der Waals surface area (Å²) in [5.41, 5.74) is 5.22. The van der Waals surface area contributed by atoms with Crippen LogP contribution in [-0.4, -0.2) is 78.4 Å². The zero-order chi connectivity index (χ0) is 41.0. The van der Waals surface area contributed by atoms with Gasteiger partial charge in [0.05, 0.1) is 26.9 Å². The van der Waals surface area contributed by atoms with Gasteiger partial charge in [0.25, 0.3) is 27.7 Å². The van der Waals surface area contributed by atoms with Crippen LogP contribution >= 0.6 is 11.6 Å². The minimum Gasteiger partial charge on any atom is -0.371 e. The molecule has 1 fully saturated rings. The maximum absolute atomic E-state index is 14.6. The Balaban J connectivity index is 1.18. The number of aromatic nitrogens is 2. The lowest BCUT2D eigenvalue weighted by Gasteiger charge is -2.29. The van der Waals surface area contributed by atoms with Crippen LogP contribution in [0.2, 0.25) is 5.02 Å². The van der Waals surface area contributed by atoms with E-state index in [9.17, 15) is 22.8 Å².